The van der Waals surface area contributed by atoms with Gasteiger partial charge in [-0.15, -0.1) is 0 Å². The Labute approximate surface area is 197 Å². The van der Waals surface area contributed by atoms with Crippen molar-refractivity contribution in [2.45, 2.75) is 25.2 Å². The first-order chi connectivity index (χ1) is 16.4. The molecule has 1 saturated heterocycles. The van der Waals surface area contributed by atoms with Crippen molar-refractivity contribution in [3.63, 3.8) is 0 Å². The van der Waals surface area contributed by atoms with Gasteiger partial charge >= 0.3 is 6.18 Å². The summed E-state index contributed by atoms with van der Waals surface area (Å²) in [6.07, 6.45) is -4.13. The van der Waals surface area contributed by atoms with Crippen LogP contribution in [0.5, 0.6) is 0 Å². The van der Waals surface area contributed by atoms with Gasteiger partial charge in [-0.2, -0.15) is 13.2 Å². The molecule has 2 aliphatic rings. The molecule has 1 fully saturated rings. The van der Waals surface area contributed by atoms with Crippen LogP contribution in [-0.2, 0) is 23.9 Å². The van der Waals surface area contributed by atoms with E-state index in [0.29, 0.717) is 25.2 Å². The van der Waals surface area contributed by atoms with Crippen LogP contribution in [0.4, 0.5) is 24.5 Å². The van der Waals surface area contributed by atoms with Crippen molar-refractivity contribution in [1.29, 1.82) is 0 Å². The molecule has 1 N–H and O–H groups in total. The predicted molar refractivity (Wildman–Crippen MR) is 127 cm³/mol. The lowest BCUT2D eigenvalue weighted by Crippen LogP contribution is -2.61. The molecule has 0 aliphatic carbocycles. The third-order valence-electron chi connectivity index (χ3n) is 6.81. The van der Waals surface area contributed by atoms with Gasteiger partial charge in [0.1, 0.15) is 0 Å². The molecule has 4 nitrogen and oxygen atoms in total. The van der Waals surface area contributed by atoms with Crippen molar-refractivity contribution in [2.75, 3.05) is 29.4 Å². The van der Waals surface area contributed by atoms with Gasteiger partial charge in [-0.1, -0.05) is 48.5 Å². The van der Waals surface area contributed by atoms with E-state index in [-0.39, 0.29) is 18.4 Å². The number of carbonyl (C=O) groups is 1. The molecule has 0 saturated carbocycles. The molecule has 0 spiro atoms. The molecule has 0 aromatic heterocycles. The van der Waals surface area contributed by atoms with Crippen LogP contribution in [0.2, 0.25) is 0 Å². The summed E-state index contributed by atoms with van der Waals surface area (Å²) in [5.41, 5.74) is 2.79. The molecule has 7 heteroatoms. The van der Waals surface area contributed by atoms with Crippen LogP contribution < -0.4 is 15.1 Å². The molecule has 2 heterocycles. The van der Waals surface area contributed by atoms with Crippen LogP contribution in [0.3, 0.4) is 0 Å². The highest BCUT2D eigenvalue weighted by atomic mass is 19.4. The molecule has 0 radical (unpaired) electrons. The summed E-state index contributed by atoms with van der Waals surface area (Å²) in [6.45, 7) is 2.40. The third kappa shape index (κ3) is 4.47. The van der Waals surface area contributed by atoms with Crippen molar-refractivity contribution in [3.8, 4) is 0 Å². The second-order valence-corrected chi connectivity index (χ2v) is 8.90. The number of rotatable bonds is 4. The molecule has 176 valence electrons. The van der Waals surface area contributed by atoms with Gasteiger partial charge in [0.25, 0.3) is 0 Å². The maximum Gasteiger partial charge on any atom is 0.416 e. The predicted octanol–water partition coefficient (Wildman–Crippen LogP) is 4.89. The normalized spacial score (nSPS) is 19.9. The first kappa shape index (κ1) is 22.3. The minimum atomic E-state index is -4.41. The maximum absolute atomic E-state index is 13.4. The van der Waals surface area contributed by atoms with Gasteiger partial charge in [-0.05, 0) is 47.9 Å². The summed E-state index contributed by atoms with van der Waals surface area (Å²) >= 11 is 0. The van der Waals surface area contributed by atoms with Crippen LogP contribution in [-0.4, -0.2) is 31.6 Å². The van der Waals surface area contributed by atoms with Crippen LogP contribution >= 0.6 is 0 Å². The molecule has 2 unspecified atom stereocenters. The van der Waals surface area contributed by atoms with Gasteiger partial charge < -0.3 is 15.1 Å². The monoisotopic (exact) mass is 465 g/mol. The number of benzene rings is 3. The van der Waals surface area contributed by atoms with Crippen molar-refractivity contribution in [1.82, 2.24) is 5.32 Å². The second kappa shape index (κ2) is 9.05. The van der Waals surface area contributed by atoms with E-state index < -0.39 is 17.7 Å². The molecular formula is C27H26F3N3O. The number of nitrogens with one attached hydrogen (secondary N) is 1. The zero-order chi connectivity index (χ0) is 23.7. The van der Waals surface area contributed by atoms with E-state index in [4.69, 9.17) is 0 Å². The van der Waals surface area contributed by atoms with E-state index in [1.807, 2.05) is 60.7 Å². The minimum Gasteiger partial charge on any atom is -0.368 e. The summed E-state index contributed by atoms with van der Waals surface area (Å²) in [7, 11) is 0. The number of anilines is 2. The lowest BCUT2D eigenvalue weighted by atomic mass is 9.82. The number of nitrogens with zero attached hydrogens (tertiary/aromatic N) is 2. The Morgan fingerprint density at radius 1 is 0.941 bits per heavy atom. The van der Waals surface area contributed by atoms with Crippen molar-refractivity contribution in [3.05, 3.63) is 95.6 Å². The highest BCUT2D eigenvalue weighted by Crippen LogP contribution is 2.40. The summed E-state index contributed by atoms with van der Waals surface area (Å²) in [6, 6.07) is 23.5. The molecule has 2 atom stereocenters. The van der Waals surface area contributed by atoms with Crippen molar-refractivity contribution >= 4 is 17.3 Å². The highest BCUT2D eigenvalue weighted by molar-refractivity contribution is 5.82. The van der Waals surface area contributed by atoms with Gasteiger partial charge in [-0.25, -0.2) is 0 Å². The Hall–Kier alpha value is -3.48. The average molecular weight is 466 g/mol. The molecule has 2 aliphatic heterocycles. The minimum absolute atomic E-state index is 0.128. The fourth-order valence-corrected chi connectivity index (χ4v) is 5.09. The number of hydrogen-bond donors (Lipinski definition) is 1. The molecule has 0 bridgehead atoms. The van der Waals surface area contributed by atoms with Crippen LogP contribution in [0.25, 0.3) is 0 Å². The molecule has 34 heavy (non-hydrogen) atoms. The standard InChI is InChI=1S/C27H26F3N3O/c28-27(29,30)21-11-12-24-20(15-21)16-23(26(34)31-17-19-7-3-1-4-8-19)25-18-32(13-14-33(24)25)22-9-5-2-6-10-22/h1-12,15,23,25H,13-14,16-18H2,(H,31,34). The Kier molecular flexibility index (Phi) is 5.94. The second-order valence-electron chi connectivity index (χ2n) is 8.90. The lowest BCUT2D eigenvalue weighted by molar-refractivity contribution is -0.137. The maximum atomic E-state index is 13.4. The zero-order valence-electron chi connectivity index (χ0n) is 18.6. The van der Waals surface area contributed by atoms with Gasteiger partial charge in [-0.3, -0.25) is 4.79 Å². The molecule has 3 aromatic rings. The lowest BCUT2D eigenvalue weighted by Gasteiger charge is -2.49. The quantitative estimate of drug-likeness (QED) is 0.596. The topological polar surface area (TPSA) is 35.6 Å². The van der Waals surface area contributed by atoms with Crippen molar-refractivity contribution < 1.29 is 18.0 Å². The van der Waals surface area contributed by atoms with E-state index in [2.05, 4.69) is 15.1 Å². The van der Waals surface area contributed by atoms with Gasteiger partial charge in [0, 0.05) is 37.6 Å². The summed E-state index contributed by atoms with van der Waals surface area (Å²) in [5.74, 6) is -0.581. The van der Waals surface area contributed by atoms with Crippen LogP contribution in [0.1, 0.15) is 16.7 Å². The number of halogens is 3. The van der Waals surface area contributed by atoms with E-state index in [0.717, 1.165) is 29.5 Å². The fourth-order valence-electron chi connectivity index (χ4n) is 5.09. The summed E-state index contributed by atoms with van der Waals surface area (Å²) in [5, 5.41) is 3.03. The number of para-hydroxylation sites is 1. The summed E-state index contributed by atoms with van der Waals surface area (Å²) in [4.78, 5) is 17.8. The van der Waals surface area contributed by atoms with Gasteiger partial charge in [0.2, 0.25) is 5.91 Å². The number of hydrogen-bond acceptors (Lipinski definition) is 3. The van der Waals surface area contributed by atoms with E-state index >= 15 is 0 Å². The Balaban J connectivity index is 1.44. The largest absolute Gasteiger partial charge is 0.416 e. The van der Waals surface area contributed by atoms with E-state index in [1.54, 1.807) is 6.07 Å². The number of piperazine rings is 1. The number of carbonyl (C=O) groups excluding carboxylic acids is 1. The zero-order valence-corrected chi connectivity index (χ0v) is 18.6. The molecule has 5 rings (SSSR count). The van der Waals surface area contributed by atoms with Gasteiger partial charge in [0.05, 0.1) is 17.5 Å². The number of alkyl halides is 3. The van der Waals surface area contributed by atoms with E-state index in [1.165, 1.54) is 6.07 Å². The molecule has 1 amide bonds. The first-order valence-corrected chi connectivity index (χ1v) is 11.5. The fraction of sp³-hybridized carbons (Fsp3) is 0.296. The first-order valence-electron chi connectivity index (χ1n) is 11.5. The molecular weight excluding hydrogens is 439 g/mol. The summed E-state index contributed by atoms with van der Waals surface area (Å²) < 4.78 is 40.2. The number of amides is 1. The SMILES string of the molecule is O=C(NCc1ccccc1)C1Cc2cc(C(F)(F)F)ccc2N2CCN(c3ccccc3)CC12. The van der Waals surface area contributed by atoms with E-state index in [9.17, 15) is 18.0 Å². The van der Waals surface area contributed by atoms with Crippen LogP contribution in [0.15, 0.2) is 78.9 Å². The molecule has 3 aromatic carbocycles. The smallest absolute Gasteiger partial charge is 0.368 e. The van der Waals surface area contributed by atoms with Crippen molar-refractivity contribution in [2.24, 2.45) is 5.92 Å². The Bertz CT molecular complexity index is 1150. The third-order valence-corrected chi connectivity index (χ3v) is 6.81. The van der Waals surface area contributed by atoms with Crippen LogP contribution in [0, 0.1) is 5.92 Å². The average Bonchev–Trinajstić information content (AvgIpc) is 2.86. The Morgan fingerprint density at radius 3 is 2.35 bits per heavy atom. The Morgan fingerprint density at radius 2 is 1.65 bits per heavy atom. The highest BCUT2D eigenvalue weighted by Gasteiger charge is 2.42. The van der Waals surface area contributed by atoms with Gasteiger partial charge in [0.15, 0.2) is 0 Å². The number of fused-ring (bicyclic) bond motifs is 3.